The van der Waals surface area contributed by atoms with E-state index in [0.717, 1.165) is 23.4 Å². The third-order valence-electron chi connectivity index (χ3n) is 7.61. The minimum Gasteiger partial charge on any atom is -0.448 e. The van der Waals surface area contributed by atoms with Gasteiger partial charge in [0.2, 0.25) is 0 Å². The number of aryl methyl sites for hydroxylation is 1. The van der Waals surface area contributed by atoms with Crippen molar-refractivity contribution in [3.05, 3.63) is 49.9 Å². The molecular weight excluding hydrogens is 524 g/mol. The molecule has 0 bridgehead atoms. The molecular formula is C26H30ClF2N3O4S. The van der Waals surface area contributed by atoms with Crippen LogP contribution in [0, 0.1) is 19.8 Å². The van der Waals surface area contributed by atoms with Gasteiger partial charge in [-0.05, 0) is 45.1 Å². The van der Waals surface area contributed by atoms with Crippen molar-refractivity contribution < 1.29 is 23.0 Å². The van der Waals surface area contributed by atoms with Gasteiger partial charge in [0.15, 0.2) is 11.5 Å². The Kier molecular flexibility index (Phi) is 6.73. The average Bonchev–Trinajstić information content (AvgIpc) is 3.14. The highest BCUT2D eigenvalue weighted by Crippen LogP contribution is 2.53. The van der Waals surface area contributed by atoms with Crippen LogP contribution in [-0.2, 0) is 6.54 Å². The summed E-state index contributed by atoms with van der Waals surface area (Å²) < 4.78 is 38.7. The molecule has 1 unspecified atom stereocenters. The number of carbonyl (C=O) groups is 1. The van der Waals surface area contributed by atoms with E-state index in [0.29, 0.717) is 28.2 Å². The third kappa shape index (κ3) is 4.95. The van der Waals surface area contributed by atoms with Gasteiger partial charge in [-0.25, -0.2) is 8.78 Å². The Balaban J connectivity index is 1.26. The highest BCUT2D eigenvalue weighted by atomic mass is 35.5. The summed E-state index contributed by atoms with van der Waals surface area (Å²) in [5.74, 6) is -3.02. The highest BCUT2D eigenvalue weighted by Gasteiger charge is 2.53. The number of H-pyrrole nitrogens is 1. The fraction of sp³-hybridized carbons (Fsp3) is 0.538. The molecule has 1 atom stereocenters. The lowest BCUT2D eigenvalue weighted by atomic mass is 9.74. The molecule has 7 nitrogen and oxygen atoms in total. The van der Waals surface area contributed by atoms with Crippen molar-refractivity contribution in [2.24, 2.45) is 5.92 Å². The molecule has 200 valence electrons. The number of hydrogen-bond acceptors (Lipinski definition) is 6. The van der Waals surface area contributed by atoms with Crippen LogP contribution in [-0.4, -0.2) is 40.9 Å². The van der Waals surface area contributed by atoms with E-state index in [9.17, 15) is 18.4 Å². The minimum atomic E-state index is -2.54. The summed E-state index contributed by atoms with van der Waals surface area (Å²) in [6.07, 6.45) is 3.13. The number of benzene rings is 1. The monoisotopic (exact) mass is 553 g/mol. The maximum atomic E-state index is 13.1. The van der Waals surface area contributed by atoms with Crippen LogP contribution < -0.4 is 25.7 Å². The number of aromatic amines is 1. The van der Waals surface area contributed by atoms with Gasteiger partial charge in [0.25, 0.3) is 23.2 Å². The van der Waals surface area contributed by atoms with E-state index in [-0.39, 0.29) is 53.9 Å². The van der Waals surface area contributed by atoms with Gasteiger partial charge in [0, 0.05) is 71.6 Å². The number of carbonyl (C=O) groups excluding carboxylic acids is 1. The Hall–Kier alpha value is -2.30. The SMILES string of the molecule is CSc1cc(C)[nH]c(=O)c1CNC(=O)c1cc(Cl)c2c(c1C)OC(C)(C1CC(NC3CC(F)(F)C3)C1)O2. The Labute approximate surface area is 223 Å². The van der Waals surface area contributed by atoms with E-state index in [2.05, 4.69) is 15.6 Å². The van der Waals surface area contributed by atoms with Crippen molar-refractivity contribution >= 4 is 29.3 Å². The second-order valence-corrected chi connectivity index (χ2v) is 11.7. The van der Waals surface area contributed by atoms with Crippen molar-refractivity contribution in [1.82, 2.24) is 15.6 Å². The van der Waals surface area contributed by atoms with Crippen LogP contribution in [0.4, 0.5) is 8.78 Å². The molecule has 1 aromatic heterocycles. The molecule has 0 spiro atoms. The summed E-state index contributed by atoms with van der Waals surface area (Å²) in [7, 11) is 0. The van der Waals surface area contributed by atoms with E-state index in [4.69, 9.17) is 21.1 Å². The Morgan fingerprint density at radius 2 is 1.86 bits per heavy atom. The summed E-state index contributed by atoms with van der Waals surface area (Å²) in [5.41, 5.74) is 1.94. The van der Waals surface area contributed by atoms with Crippen LogP contribution in [0.15, 0.2) is 21.8 Å². The fourth-order valence-electron chi connectivity index (χ4n) is 5.34. The molecule has 11 heteroatoms. The number of alkyl halides is 2. The predicted octanol–water partition coefficient (Wildman–Crippen LogP) is 4.95. The van der Waals surface area contributed by atoms with Crippen molar-refractivity contribution in [3.8, 4) is 11.5 Å². The molecule has 0 radical (unpaired) electrons. The van der Waals surface area contributed by atoms with Crippen LogP contribution in [0.25, 0.3) is 0 Å². The number of aromatic nitrogens is 1. The smallest absolute Gasteiger partial charge is 0.254 e. The average molecular weight is 554 g/mol. The highest BCUT2D eigenvalue weighted by molar-refractivity contribution is 7.98. The Morgan fingerprint density at radius 3 is 2.51 bits per heavy atom. The third-order valence-corrected chi connectivity index (χ3v) is 8.69. The predicted molar refractivity (Wildman–Crippen MR) is 138 cm³/mol. The molecule has 0 saturated heterocycles. The van der Waals surface area contributed by atoms with Gasteiger partial charge in [0.05, 0.1) is 5.02 Å². The van der Waals surface area contributed by atoms with Gasteiger partial charge in [-0.3, -0.25) is 9.59 Å². The number of halogens is 3. The van der Waals surface area contributed by atoms with Crippen molar-refractivity contribution in [2.45, 2.75) is 81.7 Å². The summed E-state index contributed by atoms with van der Waals surface area (Å²) >= 11 is 7.96. The van der Waals surface area contributed by atoms with Gasteiger partial charge in [0.1, 0.15) is 0 Å². The topological polar surface area (TPSA) is 92.5 Å². The normalized spacial score (nSPS) is 25.9. The van der Waals surface area contributed by atoms with Crippen LogP contribution >= 0.6 is 23.4 Å². The minimum absolute atomic E-state index is 0.0453. The van der Waals surface area contributed by atoms with E-state index >= 15 is 0 Å². The molecule has 1 amide bonds. The van der Waals surface area contributed by atoms with Gasteiger partial charge >= 0.3 is 0 Å². The van der Waals surface area contributed by atoms with Gasteiger partial charge < -0.3 is 25.1 Å². The Morgan fingerprint density at radius 1 is 1.19 bits per heavy atom. The lowest BCUT2D eigenvalue weighted by molar-refractivity contribution is -0.147. The molecule has 37 heavy (non-hydrogen) atoms. The van der Waals surface area contributed by atoms with Gasteiger partial charge in [-0.1, -0.05) is 11.6 Å². The number of hydrogen-bond donors (Lipinski definition) is 3. The lowest BCUT2D eigenvalue weighted by Gasteiger charge is -2.47. The molecule has 1 aromatic carbocycles. The molecule has 3 N–H and O–H groups in total. The zero-order valence-electron chi connectivity index (χ0n) is 21.1. The summed E-state index contributed by atoms with van der Waals surface area (Å²) in [4.78, 5) is 29.1. The number of ether oxygens (including phenoxy) is 2. The number of pyridine rings is 1. The first kappa shape index (κ1) is 26.3. The second kappa shape index (κ2) is 9.47. The first-order valence-electron chi connectivity index (χ1n) is 12.3. The van der Waals surface area contributed by atoms with Gasteiger partial charge in [-0.2, -0.15) is 0 Å². The molecule has 2 fully saturated rings. The number of nitrogens with one attached hydrogen (secondary N) is 3. The number of thioether (sulfide) groups is 1. The van der Waals surface area contributed by atoms with Crippen LogP contribution in [0.2, 0.25) is 5.02 Å². The fourth-order valence-corrected chi connectivity index (χ4v) is 6.28. The zero-order valence-corrected chi connectivity index (χ0v) is 22.7. The largest absolute Gasteiger partial charge is 0.448 e. The zero-order chi connectivity index (χ0) is 26.7. The van der Waals surface area contributed by atoms with Crippen molar-refractivity contribution in [2.75, 3.05) is 6.26 Å². The van der Waals surface area contributed by atoms with E-state index in [1.807, 2.05) is 26.2 Å². The summed E-state index contributed by atoms with van der Waals surface area (Å²) in [6, 6.07) is 3.43. The molecule has 2 aromatic rings. The molecule has 2 heterocycles. The van der Waals surface area contributed by atoms with Crippen molar-refractivity contribution in [1.29, 1.82) is 0 Å². The first-order valence-corrected chi connectivity index (χ1v) is 13.9. The quantitative estimate of drug-likeness (QED) is 0.420. The Bertz CT molecular complexity index is 1310. The molecule has 1 aliphatic heterocycles. The van der Waals surface area contributed by atoms with Crippen LogP contribution in [0.1, 0.15) is 59.8 Å². The van der Waals surface area contributed by atoms with Crippen LogP contribution in [0.5, 0.6) is 11.5 Å². The standard InChI is InChI=1S/C26H30ClF2N3O4S/c1-12-5-20(37-4)18(24(34)31-12)11-30-23(33)17-8-19(27)22-21(13(17)2)35-25(3,36-22)14-6-15(7-14)32-16-9-26(28,29)10-16/h5,8,14-16,32H,6-7,9-11H2,1-4H3,(H,30,33)(H,31,34). The molecule has 5 rings (SSSR count). The van der Waals surface area contributed by atoms with E-state index in [1.54, 1.807) is 13.0 Å². The lowest BCUT2D eigenvalue weighted by Crippen LogP contribution is -2.59. The first-order chi connectivity index (χ1) is 17.4. The number of amides is 1. The second-order valence-electron chi connectivity index (χ2n) is 10.4. The maximum Gasteiger partial charge on any atom is 0.254 e. The van der Waals surface area contributed by atoms with Crippen LogP contribution in [0.3, 0.4) is 0 Å². The molecule has 2 saturated carbocycles. The van der Waals surface area contributed by atoms with Crippen molar-refractivity contribution in [3.63, 3.8) is 0 Å². The molecule has 3 aliphatic rings. The van der Waals surface area contributed by atoms with E-state index < -0.39 is 11.7 Å². The number of rotatable bonds is 7. The maximum absolute atomic E-state index is 13.1. The summed E-state index contributed by atoms with van der Waals surface area (Å²) in [5, 5.41) is 6.38. The molecule has 2 aliphatic carbocycles. The van der Waals surface area contributed by atoms with Gasteiger partial charge in [-0.15, -0.1) is 11.8 Å². The van der Waals surface area contributed by atoms with E-state index in [1.165, 1.54) is 11.8 Å². The number of fused-ring (bicyclic) bond motifs is 1. The summed E-state index contributed by atoms with van der Waals surface area (Å²) in [6.45, 7) is 5.49.